The number of hydrogen-bond donors (Lipinski definition) is 1. The molecule has 3 rings (SSSR count). The molecule has 1 unspecified atom stereocenters. The zero-order valence-electron chi connectivity index (χ0n) is 11.4. The van der Waals surface area contributed by atoms with E-state index in [4.69, 9.17) is 16.3 Å². The first-order valence-corrected chi connectivity index (χ1v) is 6.84. The minimum Gasteiger partial charge on any atom is -0.496 e. The number of hydrogen-bond acceptors (Lipinski definition) is 4. The van der Waals surface area contributed by atoms with Crippen LogP contribution >= 0.6 is 11.6 Å². The summed E-state index contributed by atoms with van der Waals surface area (Å²) in [5.41, 5.74) is 2.36. The van der Waals surface area contributed by atoms with Crippen molar-refractivity contribution in [3.8, 4) is 5.75 Å². The topological polar surface area (TPSA) is 59.7 Å². The van der Waals surface area contributed by atoms with Crippen molar-refractivity contribution in [2.45, 2.75) is 12.5 Å². The molecule has 0 saturated heterocycles. The fourth-order valence-corrected chi connectivity index (χ4v) is 2.53. The number of fused-ring (bicyclic) bond motifs is 1. The quantitative estimate of drug-likeness (QED) is 0.805. The van der Waals surface area contributed by atoms with E-state index in [1.165, 1.54) is 0 Å². The Morgan fingerprint density at radius 3 is 3.05 bits per heavy atom. The van der Waals surface area contributed by atoms with Gasteiger partial charge < -0.3 is 9.84 Å². The Hall–Kier alpha value is -2.11. The number of aromatic nitrogens is 3. The molecule has 0 bridgehead atoms. The Balaban J connectivity index is 1.93. The molecule has 1 aromatic carbocycles. The molecule has 0 aliphatic carbocycles. The van der Waals surface area contributed by atoms with Crippen molar-refractivity contribution in [2.24, 2.45) is 0 Å². The van der Waals surface area contributed by atoms with Crippen molar-refractivity contribution in [3.05, 3.63) is 59.1 Å². The number of halogens is 1. The zero-order chi connectivity index (χ0) is 14.8. The van der Waals surface area contributed by atoms with Gasteiger partial charge in [0.05, 0.1) is 31.1 Å². The van der Waals surface area contributed by atoms with Crippen LogP contribution in [0.2, 0.25) is 5.02 Å². The third-order valence-corrected chi connectivity index (χ3v) is 3.60. The second-order valence-electron chi connectivity index (χ2n) is 4.68. The first-order valence-electron chi connectivity index (χ1n) is 6.47. The summed E-state index contributed by atoms with van der Waals surface area (Å²) in [6.07, 6.45) is 6.40. The van der Waals surface area contributed by atoms with Crippen molar-refractivity contribution in [1.82, 2.24) is 14.6 Å². The number of aliphatic hydroxyl groups excluding tert-OH is 1. The molecule has 0 aliphatic heterocycles. The van der Waals surface area contributed by atoms with Gasteiger partial charge in [-0.15, -0.1) is 0 Å². The smallest absolute Gasteiger partial charge is 0.122 e. The van der Waals surface area contributed by atoms with E-state index in [1.54, 1.807) is 54.6 Å². The molecule has 108 valence electrons. The third-order valence-electron chi connectivity index (χ3n) is 3.37. The molecule has 1 atom stereocenters. The summed E-state index contributed by atoms with van der Waals surface area (Å²) in [4.78, 5) is 4.07. The number of benzene rings is 1. The summed E-state index contributed by atoms with van der Waals surface area (Å²) in [6, 6.07) is 5.35. The molecular formula is C15H14ClN3O2. The van der Waals surface area contributed by atoms with Gasteiger partial charge in [0, 0.05) is 29.4 Å². The molecule has 3 aromatic rings. The van der Waals surface area contributed by atoms with Gasteiger partial charge in [0.15, 0.2) is 0 Å². The number of aliphatic hydroxyl groups is 1. The van der Waals surface area contributed by atoms with E-state index < -0.39 is 6.10 Å². The maximum absolute atomic E-state index is 10.5. The molecule has 0 radical (unpaired) electrons. The Kier molecular flexibility index (Phi) is 3.77. The highest BCUT2D eigenvalue weighted by molar-refractivity contribution is 6.30. The Morgan fingerprint density at radius 2 is 2.24 bits per heavy atom. The van der Waals surface area contributed by atoms with E-state index in [9.17, 15) is 5.11 Å². The molecular weight excluding hydrogens is 290 g/mol. The standard InChI is InChI=1S/C15H14ClN3O2/c1-21-15-3-2-11(16)6-10(15)7-14(20)12-8-18-19-5-4-17-9-13(12)19/h2-6,8-9,14,20H,7H2,1H3. The Bertz CT molecular complexity index is 772. The minimum atomic E-state index is -0.709. The average Bonchev–Trinajstić information content (AvgIpc) is 2.91. The first kappa shape index (κ1) is 13.9. The highest BCUT2D eigenvalue weighted by Crippen LogP contribution is 2.29. The van der Waals surface area contributed by atoms with Gasteiger partial charge in [-0.2, -0.15) is 5.10 Å². The predicted molar refractivity (Wildman–Crippen MR) is 79.7 cm³/mol. The molecule has 2 aromatic heterocycles. The van der Waals surface area contributed by atoms with E-state index in [0.29, 0.717) is 17.2 Å². The molecule has 0 fully saturated rings. The molecule has 0 saturated carbocycles. The van der Waals surface area contributed by atoms with E-state index in [1.807, 2.05) is 0 Å². The van der Waals surface area contributed by atoms with E-state index in [-0.39, 0.29) is 0 Å². The van der Waals surface area contributed by atoms with Crippen molar-refractivity contribution in [2.75, 3.05) is 7.11 Å². The van der Waals surface area contributed by atoms with Gasteiger partial charge in [0.1, 0.15) is 5.75 Å². The largest absolute Gasteiger partial charge is 0.496 e. The van der Waals surface area contributed by atoms with Crippen molar-refractivity contribution >= 4 is 17.1 Å². The van der Waals surface area contributed by atoms with Crippen LogP contribution in [-0.2, 0) is 6.42 Å². The van der Waals surface area contributed by atoms with Crippen LogP contribution in [0.25, 0.3) is 5.52 Å². The van der Waals surface area contributed by atoms with Gasteiger partial charge in [-0.3, -0.25) is 4.98 Å². The molecule has 0 aliphatic rings. The molecule has 21 heavy (non-hydrogen) atoms. The third kappa shape index (κ3) is 2.70. The summed E-state index contributed by atoms with van der Waals surface area (Å²) >= 11 is 6.01. The lowest BCUT2D eigenvalue weighted by molar-refractivity contribution is 0.178. The monoisotopic (exact) mass is 303 g/mol. The second-order valence-corrected chi connectivity index (χ2v) is 5.12. The maximum atomic E-state index is 10.5. The molecule has 0 spiro atoms. The molecule has 6 heteroatoms. The van der Waals surface area contributed by atoms with Gasteiger partial charge in [-0.25, -0.2) is 4.52 Å². The van der Waals surface area contributed by atoms with Crippen LogP contribution in [0.5, 0.6) is 5.75 Å². The van der Waals surface area contributed by atoms with Gasteiger partial charge in [0.25, 0.3) is 0 Å². The lowest BCUT2D eigenvalue weighted by Crippen LogP contribution is -2.03. The van der Waals surface area contributed by atoms with Crippen LogP contribution in [0, 0.1) is 0 Å². The summed E-state index contributed by atoms with van der Waals surface area (Å²) in [7, 11) is 1.60. The lowest BCUT2D eigenvalue weighted by atomic mass is 10.0. The van der Waals surface area contributed by atoms with Crippen LogP contribution in [-0.4, -0.2) is 26.8 Å². The van der Waals surface area contributed by atoms with Crippen molar-refractivity contribution < 1.29 is 9.84 Å². The van der Waals surface area contributed by atoms with Crippen LogP contribution in [0.15, 0.2) is 43.0 Å². The first-order chi connectivity index (χ1) is 10.2. The summed E-state index contributed by atoms with van der Waals surface area (Å²) in [5, 5.41) is 15.3. The second kappa shape index (κ2) is 5.71. The minimum absolute atomic E-state index is 0.389. The van der Waals surface area contributed by atoms with Crippen LogP contribution < -0.4 is 4.74 Å². The number of ether oxygens (including phenoxy) is 1. The number of methoxy groups -OCH3 is 1. The van der Waals surface area contributed by atoms with Crippen LogP contribution in [0.1, 0.15) is 17.2 Å². The molecule has 2 heterocycles. The zero-order valence-corrected chi connectivity index (χ0v) is 12.2. The lowest BCUT2D eigenvalue weighted by Gasteiger charge is -2.13. The SMILES string of the molecule is COc1ccc(Cl)cc1CC(O)c1cnn2ccncc12. The average molecular weight is 304 g/mol. The summed E-state index contributed by atoms with van der Waals surface area (Å²) < 4.78 is 6.98. The van der Waals surface area contributed by atoms with E-state index in [2.05, 4.69) is 10.1 Å². The molecule has 1 N–H and O–H groups in total. The maximum Gasteiger partial charge on any atom is 0.122 e. The van der Waals surface area contributed by atoms with E-state index in [0.717, 1.165) is 16.6 Å². The van der Waals surface area contributed by atoms with Gasteiger partial charge in [-0.05, 0) is 23.8 Å². The number of rotatable bonds is 4. The highest BCUT2D eigenvalue weighted by atomic mass is 35.5. The van der Waals surface area contributed by atoms with Gasteiger partial charge >= 0.3 is 0 Å². The molecule has 5 nitrogen and oxygen atoms in total. The fraction of sp³-hybridized carbons (Fsp3) is 0.200. The Morgan fingerprint density at radius 1 is 1.38 bits per heavy atom. The van der Waals surface area contributed by atoms with Crippen LogP contribution in [0.3, 0.4) is 0 Å². The van der Waals surface area contributed by atoms with Gasteiger partial charge in [0.2, 0.25) is 0 Å². The molecule has 0 amide bonds. The predicted octanol–water partition coefficient (Wildman–Crippen LogP) is 2.67. The highest BCUT2D eigenvalue weighted by Gasteiger charge is 2.16. The fourth-order valence-electron chi connectivity index (χ4n) is 2.33. The van der Waals surface area contributed by atoms with E-state index >= 15 is 0 Å². The number of nitrogens with zero attached hydrogens (tertiary/aromatic N) is 3. The Labute approximate surface area is 126 Å². The van der Waals surface area contributed by atoms with Crippen LogP contribution in [0.4, 0.5) is 0 Å². The van der Waals surface area contributed by atoms with Crippen molar-refractivity contribution in [1.29, 1.82) is 0 Å². The van der Waals surface area contributed by atoms with Gasteiger partial charge in [-0.1, -0.05) is 11.6 Å². The summed E-state index contributed by atoms with van der Waals surface area (Å²) in [6.45, 7) is 0. The summed E-state index contributed by atoms with van der Waals surface area (Å²) in [5.74, 6) is 0.702. The normalized spacial score (nSPS) is 12.5. The van der Waals surface area contributed by atoms with Crippen molar-refractivity contribution in [3.63, 3.8) is 0 Å².